The molecule has 0 saturated heterocycles. The summed E-state index contributed by atoms with van der Waals surface area (Å²) in [5, 5.41) is 0. The molecule has 1 aliphatic carbocycles. The van der Waals surface area contributed by atoms with Gasteiger partial charge in [0.15, 0.2) is 0 Å². The molecule has 0 N–H and O–H groups in total. The van der Waals surface area contributed by atoms with E-state index in [4.69, 9.17) is 0 Å². The van der Waals surface area contributed by atoms with Gasteiger partial charge in [-0.05, 0) is 29.5 Å². The summed E-state index contributed by atoms with van der Waals surface area (Å²) in [6.07, 6.45) is 5.98. The molecular weight excluding hydrogens is 228 g/mol. The highest BCUT2D eigenvalue weighted by molar-refractivity contribution is 5.66. The fourth-order valence-electron chi connectivity index (χ4n) is 3.09. The predicted molar refractivity (Wildman–Crippen MR) is 82.2 cm³/mol. The van der Waals surface area contributed by atoms with Gasteiger partial charge in [0.1, 0.15) is 0 Å². The predicted octanol–water partition coefficient (Wildman–Crippen LogP) is 5.21. The molecule has 0 bridgehead atoms. The third kappa shape index (κ3) is 2.49. The van der Waals surface area contributed by atoms with Crippen molar-refractivity contribution < 1.29 is 0 Å². The molecule has 2 aromatic rings. The number of hydrogen-bond acceptors (Lipinski definition) is 0. The first-order valence-corrected chi connectivity index (χ1v) is 7.22. The normalized spacial score (nSPS) is 17.1. The lowest BCUT2D eigenvalue weighted by molar-refractivity contribution is 0.741. The molecule has 0 heterocycles. The second-order valence-corrected chi connectivity index (χ2v) is 5.34. The number of allylic oxidation sites excluding steroid dienone is 1. The SMILES string of the molecule is CCCC1=Cc2ccccc2C1Cc1ccccc1. The molecule has 1 unspecified atom stereocenters. The van der Waals surface area contributed by atoms with Crippen molar-refractivity contribution in [1.29, 1.82) is 0 Å². The van der Waals surface area contributed by atoms with Gasteiger partial charge in [0.2, 0.25) is 0 Å². The van der Waals surface area contributed by atoms with Crippen molar-refractivity contribution in [3.8, 4) is 0 Å². The van der Waals surface area contributed by atoms with Crippen LogP contribution >= 0.6 is 0 Å². The highest BCUT2D eigenvalue weighted by Gasteiger charge is 2.24. The van der Waals surface area contributed by atoms with Gasteiger partial charge in [-0.2, -0.15) is 0 Å². The van der Waals surface area contributed by atoms with E-state index in [2.05, 4.69) is 67.6 Å². The molecule has 0 aromatic heterocycles. The van der Waals surface area contributed by atoms with Crippen molar-refractivity contribution in [3.05, 3.63) is 76.9 Å². The molecule has 0 radical (unpaired) electrons. The van der Waals surface area contributed by atoms with Crippen LogP contribution in [0.1, 0.15) is 42.4 Å². The van der Waals surface area contributed by atoms with Crippen LogP contribution in [0, 0.1) is 0 Å². The number of benzene rings is 2. The van der Waals surface area contributed by atoms with E-state index < -0.39 is 0 Å². The second-order valence-electron chi connectivity index (χ2n) is 5.34. The van der Waals surface area contributed by atoms with E-state index in [-0.39, 0.29) is 0 Å². The maximum absolute atomic E-state index is 2.41. The summed E-state index contributed by atoms with van der Waals surface area (Å²) in [4.78, 5) is 0. The Hall–Kier alpha value is -1.82. The molecule has 0 aliphatic heterocycles. The van der Waals surface area contributed by atoms with Crippen molar-refractivity contribution in [2.75, 3.05) is 0 Å². The molecule has 0 amide bonds. The molecule has 0 fully saturated rings. The average molecular weight is 248 g/mol. The van der Waals surface area contributed by atoms with Crippen molar-refractivity contribution in [3.63, 3.8) is 0 Å². The van der Waals surface area contributed by atoms with Crippen molar-refractivity contribution in [1.82, 2.24) is 0 Å². The smallest absolute Gasteiger partial charge is 0.00978 e. The monoisotopic (exact) mass is 248 g/mol. The molecule has 0 spiro atoms. The first-order valence-electron chi connectivity index (χ1n) is 7.22. The van der Waals surface area contributed by atoms with Crippen molar-refractivity contribution in [2.24, 2.45) is 0 Å². The highest BCUT2D eigenvalue weighted by Crippen LogP contribution is 2.40. The minimum atomic E-state index is 0.582. The van der Waals surface area contributed by atoms with Gasteiger partial charge in [0.05, 0.1) is 0 Å². The highest BCUT2D eigenvalue weighted by atomic mass is 14.3. The molecule has 1 aliphatic rings. The molecule has 0 nitrogen and oxygen atoms in total. The summed E-state index contributed by atoms with van der Waals surface area (Å²) in [6.45, 7) is 2.27. The Bertz CT molecular complexity index is 578. The Labute approximate surface area is 115 Å². The minimum absolute atomic E-state index is 0.582. The van der Waals surface area contributed by atoms with Crippen LogP contribution in [-0.2, 0) is 6.42 Å². The molecule has 1 atom stereocenters. The van der Waals surface area contributed by atoms with E-state index in [0.29, 0.717) is 5.92 Å². The molecule has 19 heavy (non-hydrogen) atoms. The average Bonchev–Trinajstić information content (AvgIpc) is 2.79. The van der Waals surface area contributed by atoms with Gasteiger partial charge >= 0.3 is 0 Å². The number of rotatable bonds is 4. The van der Waals surface area contributed by atoms with Crippen LogP contribution in [0.25, 0.3) is 6.08 Å². The van der Waals surface area contributed by atoms with E-state index >= 15 is 0 Å². The Morgan fingerprint density at radius 2 is 1.63 bits per heavy atom. The van der Waals surface area contributed by atoms with E-state index in [0.717, 1.165) is 6.42 Å². The van der Waals surface area contributed by atoms with Gasteiger partial charge in [0.25, 0.3) is 0 Å². The summed E-state index contributed by atoms with van der Waals surface area (Å²) in [6, 6.07) is 19.7. The fourth-order valence-corrected chi connectivity index (χ4v) is 3.09. The molecular formula is C19H20. The molecule has 96 valence electrons. The zero-order valence-corrected chi connectivity index (χ0v) is 11.5. The van der Waals surface area contributed by atoms with Crippen molar-refractivity contribution >= 4 is 6.08 Å². The zero-order chi connectivity index (χ0) is 13.1. The Morgan fingerprint density at radius 3 is 2.42 bits per heavy atom. The summed E-state index contributed by atoms with van der Waals surface area (Å²) < 4.78 is 0. The lowest BCUT2D eigenvalue weighted by Gasteiger charge is -2.16. The van der Waals surface area contributed by atoms with Gasteiger partial charge < -0.3 is 0 Å². The maximum Gasteiger partial charge on any atom is 0.00978 e. The number of hydrogen-bond donors (Lipinski definition) is 0. The first-order chi connectivity index (χ1) is 9.38. The second kappa shape index (κ2) is 5.44. The Balaban J connectivity index is 1.91. The van der Waals surface area contributed by atoms with Crippen LogP contribution < -0.4 is 0 Å². The Morgan fingerprint density at radius 1 is 0.895 bits per heavy atom. The minimum Gasteiger partial charge on any atom is -0.0651 e. The van der Waals surface area contributed by atoms with E-state index in [1.54, 1.807) is 5.57 Å². The summed E-state index contributed by atoms with van der Waals surface area (Å²) in [7, 11) is 0. The summed E-state index contributed by atoms with van der Waals surface area (Å²) in [5.41, 5.74) is 5.97. The quantitative estimate of drug-likeness (QED) is 0.696. The fraction of sp³-hybridized carbons (Fsp3) is 0.263. The van der Waals surface area contributed by atoms with Gasteiger partial charge in [0, 0.05) is 5.92 Å². The first kappa shape index (κ1) is 12.2. The van der Waals surface area contributed by atoms with Crippen molar-refractivity contribution in [2.45, 2.75) is 32.1 Å². The summed E-state index contributed by atoms with van der Waals surface area (Å²) in [5.74, 6) is 0.582. The zero-order valence-electron chi connectivity index (χ0n) is 11.5. The standard InChI is InChI=1S/C19H20/c1-2-8-16-14-17-11-6-7-12-18(17)19(16)13-15-9-4-3-5-10-15/h3-7,9-12,14,19H,2,8,13H2,1H3. The molecule has 0 heteroatoms. The third-order valence-electron chi connectivity index (χ3n) is 3.98. The van der Waals surface area contributed by atoms with Crippen LogP contribution in [0.4, 0.5) is 0 Å². The maximum atomic E-state index is 2.41. The topological polar surface area (TPSA) is 0 Å². The van der Waals surface area contributed by atoms with Crippen LogP contribution in [0.5, 0.6) is 0 Å². The van der Waals surface area contributed by atoms with Crippen LogP contribution in [0.15, 0.2) is 60.2 Å². The summed E-state index contributed by atoms with van der Waals surface area (Å²) >= 11 is 0. The van der Waals surface area contributed by atoms with E-state index in [9.17, 15) is 0 Å². The molecule has 3 rings (SSSR count). The van der Waals surface area contributed by atoms with Crippen LogP contribution in [0.2, 0.25) is 0 Å². The third-order valence-corrected chi connectivity index (χ3v) is 3.98. The van der Waals surface area contributed by atoms with Gasteiger partial charge in [-0.25, -0.2) is 0 Å². The van der Waals surface area contributed by atoms with Gasteiger partial charge in [-0.15, -0.1) is 0 Å². The van der Waals surface area contributed by atoms with E-state index in [1.165, 1.54) is 29.5 Å². The van der Waals surface area contributed by atoms with Gasteiger partial charge in [-0.3, -0.25) is 0 Å². The lowest BCUT2D eigenvalue weighted by atomic mass is 9.87. The largest absolute Gasteiger partial charge is 0.0651 e. The molecule has 0 saturated carbocycles. The number of fused-ring (bicyclic) bond motifs is 1. The van der Waals surface area contributed by atoms with Crippen LogP contribution in [-0.4, -0.2) is 0 Å². The Kier molecular flexibility index (Phi) is 3.50. The van der Waals surface area contributed by atoms with E-state index in [1.807, 2.05) is 0 Å². The molecule has 2 aromatic carbocycles. The lowest BCUT2D eigenvalue weighted by Crippen LogP contribution is -2.03. The van der Waals surface area contributed by atoms with Crippen LogP contribution in [0.3, 0.4) is 0 Å². The van der Waals surface area contributed by atoms with Gasteiger partial charge in [-0.1, -0.05) is 79.6 Å².